The monoisotopic (exact) mass is 386 g/mol. The van der Waals surface area contributed by atoms with Gasteiger partial charge in [0, 0.05) is 12.8 Å². The molecule has 0 saturated heterocycles. The molecule has 1 aromatic carbocycles. The van der Waals surface area contributed by atoms with E-state index in [0.717, 1.165) is 16.7 Å². The number of rotatable bonds is 5. The lowest BCUT2D eigenvalue weighted by Gasteiger charge is -2.13. The van der Waals surface area contributed by atoms with Gasteiger partial charge in [-0.15, -0.1) is 0 Å². The van der Waals surface area contributed by atoms with Crippen molar-refractivity contribution in [3.05, 3.63) is 50.5 Å². The molecule has 0 spiro atoms. The minimum atomic E-state index is -4.55. The van der Waals surface area contributed by atoms with Gasteiger partial charge in [0.15, 0.2) is 4.77 Å². The molecule has 0 unspecified atom stereocenters. The number of H-pyrrole nitrogens is 1. The van der Waals surface area contributed by atoms with Crippen molar-refractivity contribution in [1.29, 1.82) is 0 Å². The van der Waals surface area contributed by atoms with E-state index in [1.165, 1.54) is 18.3 Å². The zero-order chi connectivity index (χ0) is 19.5. The van der Waals surface area contributed by atoms with Crippen LogP contribution in [-0.4, -0.2) is 53.0 Å². The first-order valence-corrected chi connectivity index (χ1v) is 7.92. The Hall–Kier alpha value is -2.46. The first kappa shape index (κ1) is 19.9. The van der Waals surface area contributed by atoms with Crippen molar-refractivity contribution < 1.29 is 18.3 Å². The number of halogens is 3. The Morgan fingerprint density at radius 3 is 2.69 bits per heavy atom. The van der Waals surface area contributed by atoms with Crippen LogP contribution in [-0.2, 0) is 6.18 Å². The van der Waals surface area contributed by atoms with Crippen LogP contribution in [0.4, 0.5) is 13.2 Å². The molecule has 0 aliphatic heterocycles. The van der Waals surface area contributed by atoms with Gasteiger partial charge in [-0.25, -0.2) is 0 Å². The second-order valence-corrected chi connectivity index (χ2v) is 6.11. The van der Waals surface area contributed by atoms with E-state index in [1.54, 1.807) is 0 Å². The summed E-state index contributed by atoms with van der Waals surface area (Å²) in [6.45, 7) is 1.01. The molecule has 0 radical (unpaired) electrons. The maximum atomic E-state index is 12.9. The van der Waals surface area contributed by atoms with Crippen molar-refractivity contribution in [2.24, 2.45) is 4.99 Å². The molecule has 140 valence electrons. The molecule has 1 heterocycles. The molecule has 0 aliphatic carbocycles. The molecular formula is C16H17F3N4O2S. The number of nitrogens with one attached hydrogen (secondary N) is 1. The molecule has 1 aromatic heterocycles. The number of aromatic amines is 1. The average Bonchev–Trinajstić information content (AvgIpc) is 2.53. The Morgan fingerprint density at radius 2 is 2.08 bits per heavy atom. The predicted molar refractivity (Wildman–Crippen MR) is 94.9 cm³/mol. The summed E-state index contributed by atoms with van der Waals surface area (Å²) < 4.78 is 39.5. The third-order valence-electron chi connectivity index (χ3n) is 3.45. The summed E-state index contributed by atoms with van der Waals surface area (Å²) in [6.07, 6.45) is -3.37. The second-order valence-electron chi connectivity index (χ2n) is 5.72. The summed E-state index contributed by atoms with van der Waals surface area (Å²) in [7, 11) is 3.71. The lowest BCUT2D eigenvalue weighted by atomic mass is 10.2. The Morgan fingerprint density at radius 1 is 1.38 bits per heavy atom. The van der Waals surface area contributed by atoms with Crippen LogP contribution in [0.1, 0.15) is 11.1 Å². The Labute approximate surface area is 152 Å². The smallest absolute Gasteiger partial charge is 0.416 e. The fourth-order valence-electron chi connectivity index (χ4n) is 2.13. The van der Waals surface area contributed by atoms with E-state index in [4.69, 9.17) is 12.2 Å². The third-order valence-corrected chi connectivity index (χ3v) is 3.73. The topological polar surface area (TPSA) is 73.6 Å². The van der Waals surface area contributed by atoms with Gasteiger partial charge in [-0.3, -0.25) is 19.3 Å². The van der Waals surface area contributed by atoms with Gasteiger partial charge in [-0.2, -0.15) is 13.2 Å². The summed E-state index contributed by atoms with van der Waals surface area (Å²) in [4.78, 5) is 20.3. The zero-order valence-corrected chi connectivity index (χ0v) is 14.9. The van der Waals surface area contributed by atoms with Gasteiger partial charge in [-0.05, 0) is 44.5 Å². The molecule has 10 heteroatoms. The first-order valence-electron chi connectivity index (χ1n) is 7.51. The molecule has 0 saturated carbocycles. The molecule has 0 fully saturated rings. The Balaban J connectivity index is 2.52. The van der Waals surface area contributed by atoms with E-state index in [9.17, 15) is 23.1 Å². The SMILES string of the molecule is CN(C)CCN=Cc1c(O)n(-c2cccc(C(F)(F)F)c2)c(=S)[nH]c1=O. The van der Waals surface area contributed by atoms with E-state index >= 15 is 0 Å². The molecule has 6 nitrogen and oxygen atoms in total. The van der Waals surface area contributed by atoms with E-state index < -0.39 is 23.2 Å². The van der Waals surface area contributed by atoms with Gasteiger partial charge in [0.25, 0.3) is 5.56 Å². The zero-order valence-electron chi connectivity index (χ0n) is 14.0. The molecular weight excluding hydrogens is 369 g/mol. The average molecular weight is 386 g/mol. The van der Waals surface area contributed by atoms with Gasteiger partial charge in [0.05, 0.1) is 17.8 Å². The minimum absolute atomic E-state index is 0.0264. The number of likely N-dealkylation sites (N-methyl/N-ethyl adjacent to an activating group) is 1. The van der Waals surface area contributed by atoms with Crippen molar-refractivity contribution >= 4 is 18.4 Å². The number of aromatic hydroxyl groups is 1. The van der Waals surface area contributed by atoms with E-state index in [-0.39, 0.29) is 16.0 Å². The molecule has 2 aromatic rings. The highest BCUT2D eigenvalue weighted by Gasteiger charge is 2.30. The van der Waals surface area contributed by atoms with Crippen LogP contribution in [0.5, 0.6) is 5.88 Å². The highest BCUT2D eigenvalue weighted by Crippen LogP contribution is 2.31. The summed E-state index contributed by atoms with van der Waals surface area (Å²) >= 11 is 4.99. The highest BCUT2D eigenvalue weighted by atomic mass is 32.1. The summed E-state index contributed by atoms with van der Waals surface area (Å²) in [5.41, 5.74) is -1.79. The fourth-order valence-corrected chi connectivity index (χ4v) is 2.41. The van der Waals surface area contributed by atoms with Gasteiger partial charge >= 0.3 is 6.18 Å². The fraction of sp³-hybridized carbons (Fsp3) is 0.312. The van der Waals surface area contributed by atoms with Crippen molar-refractivity contribution in [2.45, 2.75) is 6.18 Å². The molecule has 2 rings (SSSR count). The Bertz CT molecular complexity index is 932. The van der Waals surface area contributed by atoms with Crippen molar-refractivity contribution in [3.8, 4) is 11.6 Å². The van der Waals surface area contributed by atoms with E-state index in [0.29, 0.717) is 13.1 Å². The van der Waals surface area contributed by atoms with E-state index in [2.05, 4.69) is 9.98 Å². The Kier molecular flexibility index (Phi) is 5.98. The van der Waals surface area contributed by atoms with Crippen molar-refractivity contribution in [3.63, 3.8) is 0 Å². The summed E-state index contributed by atoms with van der Waals surface area (Å²) in [6, 6.07) is 4.27. The quantitative estimate of drug-likeness (QED) is 0.612. The third kappa shape index (κ3) is 4.58. The maximum Gasteiger partial charge on any atom is 0.416 e. The lowest BCUT2D eigenvalue weighted by Crippen LogP contribution is -2.19. The molecule has 0 amide bonds. The number of alkyl halides is 3. The standard InChI is InChI=1S/C16H17F3N4O2S/c1-22(2)7-6-20-9-12-13(24)21-15(26)23(14(12)25)11-5-3-4-10(8-11)16(17,18)19/h3-5,8-9,25H,6-7H2,1-2H3,(H,21,24,26). The van der Waals surface area contributed by atoms with E-state index in [1.807, 2.05) is 19.0 Å². The van der Waals surface area contributed by atoms with Crippen LogP contribution in [0, 0.1) is 4.77 Å². The van der Waals surface area contributed by atoms with Crippen molar-refractivity contribution in [2.75, 3.05) is 27.2 Å². The van der Waals surface area contributed by atoms with Gasteiger partial charge in [0.2, 0.25) is 5.88 Å². The number of aliphatic imine (C=N–C) groups is 1. The van der Waals surface area contributed by atoms with Crippen LogP contribution >= 0.6 is 12.2 Å². The largest absolute Gasteiger partial charge is 0.494 e. The number of hydrogen-bond acceptors (Lipinski definition) is 5. The van der Waals surface area contributed by atoms with Gasteiger partial charge in [0.1, 0.15) is 5.56 Å². The maximum absolute atomic E-state index is 12.9. The normalized spacial score (nSPS) is 12.2. The molecule has 2 N–H and O–H groups in total. The number of hydrogen-bond donors (Lipinski definition) is 2. The second kappa shape index (κ2) is 7.83. The molecule has 0 aliphatic rings. The summed E-state index contributed by atoms with van der Waals surface area (Å²) in [5.74, 6) is -0.577. The van der Waals surface area contributed by atoms with Gasteiger partial charge < -0.3 is 10.0 Å². The van der Waals surface area contributed by atoms with Crippen LogP contribution in [0.15, 0.2) is 34.1 Å². The van der Waals surface area contributed by atoms with Crippen LogP contribution < -0.4 is 5.56 Å². The number of nitrogens with zero attached hydrogens (tertiary/aromatic N) is 3. The minimum Gasteiger partial charge on any atom is -0.494 e. The summed E-state index contributed by atoms with van der Waals surface area (Å²) in [5, 5.41) is 10.4. The van der Waals surface area contributed by atoms with Crippen LogP contribution in [0.25, 0.3) is 5.69 Å². The number of benzene rings is 1. The van der Waals surface area contributed by atoms with Crippen LogP contribution in [0.3, 0.4) is 0 Å². The molecule has 26 heavy (non-hydrogen) atoms. The first-order chi connectivity index (χ1) is 12.1. The number of aromatic nitrogens is 2. The predicted octanol–water partition coefficient (Wildman–Crippen LogP) is 2.60. The molecule has 0 bridgehead atoms. The highest BCUT2D eigenvalue weighted by molar-refractivity contribution is 7.71. The van der Waals surface area contributed by atoms with Crippen LogP contribution in [0.2, 0.25) is 0 Å². The van der Waals surface area contributed by atoms with Gasteiger partial charge in [-0.1, -0.05) is 6.07 Å². The van der Waals surface area contributed by atoms with Crippen molar-refractivity contribution in [1.82, 2.24) is 14.5 Å². The lowest BCUT2D eigenvalue weighted by molar-refractivity contribution is -0.137. The molecule has 0 atom stereocenters.